The van der Waals surface area contributed by atoms with E-state index in [4.69, 9.17) is 0 Å². The quantitative estimate of drug-likeness (QED) is 0.819. The second kappa shape index (κ2) is 4.88. The number of phenols is 1. The Morgan fingerprint density at radius 2 is 1.42 bits per heavy atom. The van der Waals surface area contributed by atoms with E-state index in [-0.39, 0.29) is 5.75 Å². The summed E-state index contributed by atoms with van der Waals surface area (Å²) in [7, 11) is 0. The number of rotatable bonds is 2. The van der Waals surface area contributed by atoms with Crippen molar-refractivity contribution in [1.82, 2.24) is 0 Å². The second-order valence-electron chi connectivity index (χ2n) is 5.14. The number of hydrogen-bond donors (Lipinski definition) is 1. The maximum absolute atomic E-state index is 11.0. The van der Waals surface area contributed by atoms with Crippen LogP contribution in [0.25, 0.3) is 11.1 Å². The zero-order valence-corrected chi connectivity index (χ0v) is 11.7. The highest BCUT2D eigenvalue weighted by molar-refractivity contribution is 5.88. The molecule has 0 aromatic heterocycles. The lowest BCUT2D eigenvalue weighted by Crippen LogP contribution is -1.94. The minimum atomic E-state index is 0.0654. The van der Waals surface area contributed by atoms with Gasteiger partial charge in [-0.3, -0.25) is 4.79 Å². The monoisotopic (exact) mass is 254 g/mol. The first kappa shape index (κ1) is 13.3. The van der Waals surface area contributed by atoms with E-state index in [1.54, 1.807) is 6.07 Å². The molecule has 0 atom stereocenters. The average Bonchev–Trinajstić information content (AvgIpc) is 2.31. The van der Waals surface area contributed by atoms with Crippen molar-refractivity contribution < 1.29 is 9.90 Å². The summed E-state index contributed by atoms with van der Waals surface area (Å²) in [6, 6.07) is 7.80. The molecule has 0 aliphatic rings. The minimum absolute atomic E-state index is 0.0654. The molecule has 0 aliphatic carbocycles. The Hall–Kier alpha value is -2.09. The van der Waals surface area contributed by atoms with Crippen LogP contribution in [-0.4, -0.2) is 11.4 Å². The fourth-order valence-corrected chi connectivity index (χ4v) is 2.69. The highest BCUT2D eigenvalue weighted by Gasteiger charge is 2.14. The number of aromatic hydroxyl groups is 1. The summed E-state index contributed by atoms with van der Waals surface area (Å²) >= 11 is 0. The highest BCUT2D eigenvalue weighted by atomic mass is 16.3. The first-order valence-electron chi connectivity index (χ1n) is 6.31. The van der Waals surface area contributed by atoms with E-state index in [1.165, 1.54) is 5.56 Å². The summed E-state index contributed by atoms with van der Waals surface area (Å²) in [5.41, 5.74) is 6.46. The van der Waals surface area contributed by atoms with Gasteiger partial charge in [0.1, 0.15) is 5.75 Å². The summed E-state index contributed by atoms with van der Waals surface area (Å²) < 4.78 is 0. The molecule has 19 heavy (non-hydrogen) atoms. The van der Waals surface area contributed by atoms with Gasteiger partial charge in [0.2, 0.25) is 0 Å². The van der Waals surface area contributed by atoms with Gasteiger partial charge in [-0.25, -0.2) is 0 Å². The van der Waals surface area contributed by atoms with E-state index < -0.39 is 0 Å². The van der Waals surface area contributed by atoms with E-state index >= 15 is 0 Å². The average molecular weight is 254 g/mol. The smallest absolute Gasteiger partial charge is 0.153 e. The number of aldehydes is 1. The number of hydrogen-bond acceptors (Lipinski definition) is 2. The number of phenolic OH excluding ortho intramolecular Hbond substituents is 1. The lowest BCUT2D eigenvalue weighted by Gasteiger charge is -2.15. The molecule has 0 radical (unpaired) electrons. The topological polar surface area (TPSA) is 37.3 Å². The number of benzene rings is 2. The maximum atomic E-state index is 11.0. The number of aryl methyl sites for hydroxylation is 4. The van der Waals surface area contributed by atoms with Crippen LogP contribution in [0.4, 0.5) is 0 Å². The molecule has 0 spiro atoms. The lowest BCUT2D eigenvalue weighted by molar-refractivity contribution is 0.112. The van der Waals surface area contributed by atoms with Crippen molar-refractivity contribution in [2.24, 2.45) is 0 Å². The van der Waals surface area contributed by atoms with Crippen molar-refractivity contribution >= 4 is 6.29 Å². The molecule has 1 N–H and O–H groups in total. The van der Waals surface area contributed by atoms with Gasteiger partial charge in [0, 0.05) is 5.56 Å². The molecular formula is C17H18O2. The summed E-state index contributed by atoms with van der Waals surface area (Å²) in [5.74, 6) is 0.0654. The Morgan fingerprint density at radius 3 is 1.95 bits per heavy atom. The lowest BCUT2D eigenvalue weighted by atomic mass is 9.91. The van der Waals surface area contributed by atoms with Gasteiger partial charge < -0.3 is 5.11 Å². The molecule has 2 aromatic carbocycles. The molecule has 0 unspecified atom stereocenters. The van der Waals surface area contributed by atoms with Crippen LogP contribution in [0.5, 0.6) is 5.75 Å². The van der Waals surface area contributed by atoms with Crippen LogP contribution >= 0.6 is 0 Å². The van der Waals surface area contributed by atoms with Crippen molar-refractivity contribution in [2.45, 2.75) is 27.7 Å². The van der Waals surface area contributed by atoms with Crippen molar-refractivity contribution in [2.75, 3.05) is 0 Å². The molecule has 0 bridgehead atoms. The Bertz CT molecular complexity index is 632. The zero-order chi connectivity index (χ0) is 14.2. The maximum Gasteiger partial charge on any atom is 0.153 e. The Balaban J connectivity index is 2.79. The first-order valence-corrected chi connectivity index (χ1v) is 6.31. The van der Waals surface area contributed by atoms with Gasteiger partial charge in [-0.15, -0.1) is 0 Å². The van der Waals surface area contributed by atoms with Gasteiger partial charge in [-0.2, -0.15) is 0 Å². The predicted octanol–water partition coefficient (Wildman–Crippen LogP) is 4.11. The van der Waals surface area contributed by atoms with Crippen LogP contribution in [0.1, 0.15) is 32.6 Å². The molecule has 2 heteroatoms. The summed E-state index contributed by atoms with van der Waals surface area (Å²) in [4.78, 5) is 11.0. The van der Waals surface area contributed by atoms with Crippen LogP contribution < -0.4 is 0 Å². The van der Waals surface area contributed by atoms with Gasteiger partial charge in [0.15, 0.2) is 6.29 Å². The number of carbonyl (C=O) groups is 1. The third kappa shape index (κ3) is 2.39. The Labute approximate surface area is 113 Å². The Kier molecular flexibility index (Phi) is 3.43. The van der Waals surface area contributed by atoms with Crippen LogP contribution in [-0.2, 0) is 0 Å². The van der Waals surface area contributed by atoms with E-state index in [0.29, 0.717) is 11.8 Å². The first-order chi connectivity index (χ1) is 8.93. The molecule has 0 aliphatic heterocycles. The second-order valence-corrected chi connectivity index (χ2v) is 5.14. The van der Waals surface area contributed by atoms with E-state index in [0.717, 1.165) is 27.8 Å². The van der Waals surface area contributed by atoms with Gasteiger partial charge in [-0.1, -0.05) is 17.7 Å². The summed E-state index contributed by atoms with van der Waals surface area (Å²) in [6.07, 6.45) is 0.699. The van der Waals surface area contributed by atoms with Crippen LogP contribution in [0, 0.1) is 27.7 Å². The molecule has 2 nitrogen and oxygen atoms in total. The largest absolute Gasteiger partial charge is 0.507 e. The zero-order valence-electron chi connectivity index (χ0n) is 11.7. The molecule has 0 saturated heterocycles. The SMILES string of the molecule is Cc1cc(C)c(-c2cc(C)cc(C=O)c2O)c(C)c1. The summed E-state index contributed by atoms with van der Waals surface area (Å²) in [6.45, 7) is 8.03. The van der Waals surface area contributed by atoms with Gasteiger partial charge in [0.05, 0.1) is 5.56 Å². The fraction of sp³-hybridized carbons (Fsp3) is 0.235. The molecule has 0 heterocycles. The molecule has 0 saturated carbocycles. The normalized spacial score (nSPS) is 10.5. The van der Waals surface area contributed by atoms with Gasteiger partial charge in [0.25, 0.3) is 0 Å². The molecule has 0 fully saturated rings. The fourth-order valence-electron chi connectivity index (χ4n) is 2.69. The van der Waals surface area contributed by atoms with Crippen molar-refractivity contribution in [3.63, 3.8) is 0 Å². The third-order valence-corrected chi connectivity index (χ3v) is 3.36. The highest BCUT2D eigenvalue weighted by Crippen LogP contribution is 2.37. The molecule has 0 amide bonds. The molecule has 2 rings (SSSR count). The van der Waals surface area contributed by atoms with E-state index in [2.05, 4.69) is 19.1 Å². The van der Waals surface area contributed by atoms with Crippen molar-refractivity contribution in [3.05, 3.63) is 52.1 Å². The number of carbonyl (C=O) groups excluding carboxylic acids is 1. The summed E-state index contributed by atoms with van der Waals surface area (Å²) in [5, 5.41) is 10.3. The molecule has 2 aromatic rings. The Morgan fingerprint density at radius 1 is 0.895 bits per heavy atom. The van der Waals surface area contributed by atoms with Crippen molar-refractivity contribution in [3.8, 4) is 16.9 Å². The molecular weight excluding hydrogens is 236 g/mol. The van der Waals surface area contributed by atoms with Gasteiger partial charge >= 0.3 is 0 Å². The van der Waals surface area contributed by atoms with Crippen LogP contribution in [0.2, 0.25) is 0 Å². The van der Waals surface area contributed by atoms with E-state index in [1.807, 2.05) is 26.8 Å². The van der Waals surface area contributed by atoms with Crippen LogP contribution in [0.3, 0.4) is 0 Å². The van der Waals surface area contributed by atoms with Crippen molar-refractivity contribution in [1.29, 1.82) is 0 Å². The van der Waals surface area contributed by atoms with Gasteiger partial charge in [-0.05, 0) is 62.1 Å². The van der Waals surface area contributed by atoms with Crippen LogP contribution in [0.15, 0.2) is 24.3 Å². The van der Waals surface area contributed by atoms with E-state index in [9.17, 15) is 9.90 Å². The molecule has 98 valence electrons. The predicted molar refractivity (Wildman–Crippen MR) is 77.9 cm³/mol. The standard InChI is InChI=1S/C17H18O2/c1-10-5-12(3)16(13(4)6-10)15-8-11(2)7-14(9-18)17(15)19/h5-9,19H,1-4H3. The minimum Gasteiger partial charge on any atom is -0.507 e. The third-order valence-electron chi connectivity index (χ3n) is 3.36.